The van der Waals surface area contributed by atoms with Crippen LogP contribution in [0.1, 0.15) is 34.5 Å². The van der Waals surface area contributed by atoms with Gasteiger partial charge in [-0.15, -0.1) is 0 Å². The highest BCUT2D eigenvalue weighted by atomic mass is 19.4. The summed E-state index contributed by atoms with van der Waals surface area (Å²) in [6.07, 6.45) is -3.93. The fourth-order valence-corrected chi connectivity index (χ4v) is 2.88. The normalized spacial score (nSPS) is 13.3. The van der Waals surface area contributed by atoms with E-state index in [1.54, 1.807) is 30.3 Å². The second-order valence-corrected chi connectivity index (χ2v) is 6.45. The number of alkyl halides is 3. The van der Waals surface area contributed by atoms with E-state index in [9.17, 15) is 27.6 Å². The number of aromatic nitrogens is 2. The number of amides is 2. The minimum atomic E-state index is -4.85. The van der Waals surface area contributed by atoms with E-state index in [0.717, 1.165) is 10.9 Å². The lowest BCUT2D eigenvalue weighted by molar-refractivity contribution is -0.143. The van der Waals surface area contributed by atoms with Crippen LogP contribution in [0.25, 0.3) is 0 Å². The van der Waals surface area contributed by atoms with Gasteiger partial charge in [-0.05, 0) is 5.56 Å². The Labute approximate surface area is 170 Å². The van der Waals surface area contributed by atoms with Gasteiger partial charge in [0, 0.05) is 33.1 Å². The zero-order chi connectivity index (χ0) is 22.5. The van der Waals surface area contributed by atoms with Gasteiger partial charge in [0.05, 0.1) is 5.56 Å². The molecule has 2 aromatic rings. The van der Waals surface area contributed by atoms with Gasteiger partial charge in [0.2, 0.25) is 5.91 Å². The molecular formula is C19H21F3N4O4. The summed E-state index contributed by atoms with van der Waals surface area (Å²) in [4.78, 5) is 36.5. The van der Waals surface area contributed by atoms with Crippen molar-refractivity contribution in [2.45, 2.75) is 25.1 Å². The highest BCUT2D eigenvalue weighted by Gasteiger charge is 2.40. The van der Waals surface area contributed by atoms with E-state index in [1.807, 2.05) is 0 Å². The Morgan fingerprint density at radius 2 is 1.83 bits per heavy atom. The van der Waals surface area contributed by atoms with Crippen LogP contribution in [-0.2, 0) is 27.5 Å². The predicted molar refractivity (Wildman–Crippen MR) is 99.3 cm³/mol. The fraction of sp³-hybridized carbons (Fsp3) is 0.368. The van der Waals surface area contributed by atoms with Crippen molar-refractivity contribution in [3.05, 3.63) is 53.3 Å². The second kappa shape index (κ2) is 9.42. The summed E-state index contributed by atoms with van der Waals surface area (Å²) in [6, 6.07) is 7.09. The van der Waals surface area contributed by atoms with Gasteiger partial charge in [-0.2, -0.15) is 18.3 Å². The smallest absolute Gasteiger partial charge is 0.435 e. The molecule has 0 aliphatic heterocycles. The summed E-state index contributed by atoms with van der Waals surface area (Å²) >= 11 is 0. The molecule has 0 spiro atoms. The lowest BCUT2D eigenvalue weighted by atomic mass is 9.91. The van der Waals surface area contributed by atoms with Gasteiger partial charge in [0.25, 0.3) is 5.91 Å². The zero-order valence-corrected chi connectivity index (χ0v) is 16.5. The van der Waals surface area contributed by atoms with E-state index < -0.39 is 47.2 Å². The summed E-state index contributed by atoms with van der Waals surface area (Å²) in [7, 11) is 2.57. The van der Waals surface area contributed by atoms with Crippen LogP contribution in [0.15, 0.2) is 36.5 Å². The molecule has 1 aromatic heterocycles. The fourth-order valence-electron chi connectivity index (χ4n) is 2.88. The molecule has 162 valence electrons. The van der Waals surface area contributed by atoms with Crippen molar-refractivity contribution in [1.29, 1.82) is 0 Å². The molecule has 0 fully saturated rings. The van der Waals surface area contributed by atoms with Gasteiger partial charge in [0.15, 0.2) is 5.69 Å². The Hall–Kier alpha value is -3.37. The largest absolute Gasteiger partial charge is 0.465 e. The highest BCUT2D eigenvalue weighted by Crippen LogP contribution is 2.31. The molecule has 2 N–H and O–H groups in total. The van der Waals surface area contributed by atoms with Crippen LogP contribution < -0.4 is 10.6 Å². The topological polar surface area (TPSA) is 102 Å². The number of aryl methyl sites for hydroxylation is 1. The summed E-state index contributed by atoms with van der Waals surface area (Å²) in [5, 5.41) is 8.01. The Balaban J connectivity index is 2.42. The maximum absolute atomic E-state index is 13.2. The van der Waals surface area contributed by atoms with Crippen LogP contribution >= 0.6 is 0 Å². The number of carbonyl (C=O) groups is 3. The van der Waals surface area contributed by atoms with E-state index in [2.05, 4.69) is 15.7 Å². The molecule has 2 atom stereocenters. The number of esters is 1. The Morgan fingerprint density at radius 3 is 2.37 bits per heavy atom. The van der Waals surface area contributed by atoms with E-state index in [1.165, 1.54) is 21.0 Å². The second-order valence-electron chi connectivity index (χ2n) is 6.45. The van der Waals surface area contributed by atoms with Crippen molar-refractivity contribution in [2.24, 2.45) is 7.05 Å². The van der Waals surface area contributed by atoms with Crippen molar-refractivity contribution < 1.29 is 32.3 Å². The standard InChI is InChI=1S/C19H21F3N4O4/c1-11(27)30-10-14(12-7-5-4-6-8-12)15(18(29)23-2)24-17(28)13-9-26(3)25-16(13)19(20,21)22/h4-9,14-15H,10H2,1-3H3,(H,23,29)(H,24,28). The van der Waals surface area contributed by atoms with Crippen molar-refractivity contribution in [3.8, 4) is 0 Å². The third-order valence-corrected chi connectivity index (χ3v) is 4.25. The molecule has 1 heterocycles. The predicted octanol–water partition coefficient (Wildman–Crippen LogP) is 1.63. The molecule has 0 bridgehead atoms. The van der Waals surface area contributed by atoms with E-state index >= 15 is 0 Å². The number of nitrogens with zero attached hydrogens (tertiary/aromatic N) is 2. The van der Waals surface area contributed by atoms with Crippen LogP contribution in [0.4, 0.5) is 13.2 Å². The zero-order valence-electron chi connectivity index (χ0n) is 16.5. The molecule has 0 aliphatic carbocycles. The Bertz CT molecular complexity index is 912. The van der Waals surface area contributed by atoms with Gasteiger partial charge in [0.1, 0.15) is 12.6 Å². The number of hydrogen-bond acceptors (Lipinski definition) is 5. The number of halogens is 3. The van der Waals surface area contributed by atoms with Crippen LogP contribution in [-0.4, -0.2) is 47.3 Å². The van der Waals surface area contributed by atoms with E-state index in [-0.39, 0.29) is 6.61 Å². The van der Waals surface area contributed by atoms with Crippen molar-refractivity contribution >= 4 is 17.8 Å². The summed E-state index contributed by atoms with van der Waals surface area (Å²) in [5.74, 6) is -3.25. The molecule has 1 aromatic carbocycles. The summed E-state index contributed by atoms with van der Waals surface area (Å²) < 4.78 is 45.6. The lowest BCUT2D eigenvalue weighted by Crippen LogP contribution is -2.50. The molecular weight excluding hydrogens is 405 g/mol. The van der Waals surface area contributed by atoms with Gasteiger partial charge < -0.3 is 15.4 Å². The Morgan fingerprint density at radius 1 is 1.20 bits per heavy atom. The molecule has 8 nitrogen and oxygen atoms in total. The SMILES string of the molecule is CNC(=O)C(NC(=O)c1cn(C)nc1C(F)(F)F)C(COC(C)=O)c1ccccc1. The Kier molecular flexibility index (Phi) is 7.19. The molecule has 0 radical (unpaired) electrons. The molecule has 2 rings (SSSR count). The number of nitrogens with one attached hydrogen (secondary N) is 2. The molecule has 2 amide bonds. The van der Waals surface area contributed by atoms with Gasteiger partial charge in [-0.3, -0.25) is 19.1 Å². The number of likely N-dealkylation sites (N-methyl/N-ethyl adjacent to an activating group) is 1. The van der Waals surface area contributed by atoms with Gasteiger partial charge in [-0.1, -0.05) is 30.3 Å². The summed E-state index contributed by atoms with van der Waals surface area (Å²) in [5.41, 5.74) is -1.54. The number of benzene rings is 1. The molecule has 30 heavy (non-hydrogen) atoms. The average Bonchev–Trinajstić information content (AvgIpc) is 3.09. The molecule has 11 heteroatoms. The maximum Gasteiger partial charge on any atom is 0.435 e. The maximum atomic E-state index is 13.2. The number of hydrogen-bond donors (Lipinski definition) is 2. The van der Waals surface area contributed by atoms with Crippen LogP contribution in [0, 0.1) is 0 Å². The first-order valence-corrected chi connectivity index (χ1v) is 8.86. The number of carbonyl (C=O) groups excluding carboxylic acids is 3. The molecule has 2 unspecified atom stereocenters. The summed E-state index contributed by atoms with van der Waals surface area (Å²) in [6.45, 7) is 0.914. The highest BCUT2D eigenvalue weighted by molar-refractivity contribution is 5.98. The first-order chi connectivity index (χ1) is 14.0. The van der Waals surface area contributed by atoms with Crippen molar-refractivity contribution in [3.63, 3.8) is 0 Å². The van der Waals surface area contributed by atoms with E-state index in [0.29, 0.717) is 5.56 Å². The quantitative estimate of drug-likeness (QED) is 0.656. The van der Waals surface area contributed by atoms with E-state index in [4.69, 9.17) is 4.74 Å². The van der Waals surface area contributed by atoms with Gasteiger partial charge >= 0.3 is 12.1 Å². The third kappa shape index (κ3) is 5.58. The van der Waals surface area contributed by atoms with Crippen molar-refractivity contribution in [2.75, 3.05) is 13.7 Å². The van der Waals surface area contributed by atoms with Gasteiger partial charge in [-0.25, -0.2) is 0 Å². The third-order valence-electron chi connectivity index (χ3n) is 4.25. The first-order valence-electron chi connectivity index (χ1n) is 8.86. The van der Waals surface area contributed by atoms with Crippen LogP contribution in [0.5, 0.6) is 0 Å². The van der Waals surface area contributed by atoms with Crippen LogP contribution in [0.2, 0.25) is 0 Å². The molecule has 0 saturated heterocycles. The minimum Gasteiger partial charge on any atom is -0.465 e. The molecule has 0 aliphatic rings. The minimum absolute atomic E-state index is 0.267. The number of rotatable bonds is 7. The average molecular weight is 426 g/mol. The first kappa shape index (κ1) is 22.9. The number of ether oxygens (including phenoxy) is 1. The van der Waals surface area contributed by atoms with Crippen molar-refractivity contribution in [1.82, 2.24) is 20.4 Å². The monoisotopic (exact) mass is 426 g/mol. The lowest BCUT2D eigenvalue weighted by Gasteiger charge is -2.27. The molecule has 0 saturated carbocycles. The van der Waals surface area contributed by atoms with Crippen LogP contribution in [0.3, 0.4) is 0 Å².